The van der Waals surface area contributed by atoms with Crippen LogP contribution in [0.4, 0.5) is 4.79 Å². The van der Waals surface area contributed by atoms with Crippen LogP contribution in [0.3, 0.4) is 0 Å². The monoisotopic (exact) mass is 232 g/mol. The van der Waals surface area contributed by atoms with E-state index in [1.807, 2.05) is 20.8 Å². The molecule has 1 unspecified atom stereocenters. The summed E-state index contributed by atoms with van der Waals surface area (Å²) in [5.74, 6) is -0.298. The first-order chi connectivity index (χ1) is 7.24. The Morgan fingerprint density at radius 3 is 2.25 bits per heavy atom. The number of carbonyl (C=O) groups is 2. The van der Waals surface area contributed by atoms with Crippen molar-refractivity contribution < 1.29 is 23.8 Å². The summed E-state index contributed by atoms with van der Waals surface area (Å²) < 4.78 is 14.0. The number of hydrogen-bond donors (Lipinski definition) is 0. The standard InChI is InChI=1S/C11H20O5/c1-8(7-15-10(13)14-5)16-9(12)6-11(2,3)4/h8H,6-7H2,1-5H3. The Bertz CT molecular complexity index is 241. The maximum atomic E-state index is 11.4. The van der Waals surface area contributed by atoms with Crippen LogP contribution in [0.5, 0.6) is 0 Å². The number of hydrogen-bond acceptors (Lipinski definition) is 5. The van der Waals surface area contributed by atoms with Crippen molar-refractivity contribution in [3.63, 3.8) is 0 Å². The van der Waals surface area contributed by atoms with E-state index < -0.39 is 12.3 Å². The average molecular weight is 232 g/mol. The second-order valence-corrected chi connectivity index (χ2v) is 4.80. The molecule has 0 aliphatic rings. The van der Waals surface area contributed by atoms with Gasteiger partial charge in [-0.1, -0.05) is 20.8 Å². The summed E-state index contributed by atoms with van der Waals surface area (Å²) in [4.78, 5) is 22.0. The highest BCUT2D eigenvalue weighted by atomic mass is 16.7. The van der Waals surface area contributed by atoms with Crippen molar-refractivity contribution in [2.45, 2.75) is 40.2 Å². The molecule has 16 heavy (non-hydrogen) atoms. The molecule has 1 atom stereocenters. The van der Waals surface area contributed by atoms with Crippen LogP contribution < -0.4 is 0 Å². The van der Waals surface area contributed by atoms with Crippen LogP contribution in [-0.2, 0) is 19.0 Å². The SMILES string of the molecule is COC(=O)OCC(C)OC(=O)CC(C)(C)C. The zero-order chi connectivity index (χ0) is 12.8. The van der Waals surface area contributed by atoms with Gasteiger partial charge in [-0.2, -0.15) is 0 Å². The Labute approximate surface area is 96.1 Å². The lowest BCUT2D eigenvalue weighted by atomic mass is 9.92. The van der Waals surface area contributed by atoms with Gasteiger partial charge in [-0.05, 0) is 12.3 Å². The van der Waals surface area contributed by atoms with Gasteiger partial charge in [0, 0.05) is 0 Å². The highest BCUT2D eigenvalue weighted by molar-refractivity contribution is 5.70. The molecule has 5 heteroatoms. The maximum Gasteiger partial charge on any atom is 0.508 e. The van der Waals surface area contributed by atoms with E-state index in [1.54, 1.807) is 6.92 Å². The molecular formula is C11H20O5. The van der Waals surface area contributed by atoms with Gasteiger partial charge in [0.15, 0.2) is 0 Å². The summed E-state index contributed by atoms with van der Waals surface area (Å²) in [5, 5.41) is 0. The van der Waals surface area contributed by atoms with Crippen LogP contribution in [0.1, 0.15) is 34.1 Å². The first-order valence-electron chi connectivity index (χ1n) is 5.15. The Kier molecular flexibility index (Phi) is 5.85. The molecule has 94 valence electrons. The van der Waals surface area contributed by atoms with Gasteiger partial charge < -0.3 is 14.2 Å². The molecule has 0 rings (SSSR count). The fourth-order valence-corrected chi connectivity index (χ4v) is 0.977. The van der Waals surface area contributed by atoms with Crippen LogP contribution in [-0.4, -0.2) is 31.9 Å². The predicted molar refractivity (Wildman–Crippen MR) is 58.0 cm³/mol. The lowest BCUT2D eigenvalue weighted by molar-refractivity contribution is -0.152. The predicted octanol–water partition coefficient (Wildman–Crippen LogP) is 2.14. The average Bonchev–Trinajstić information content (AvgIpc) is 2.10. The summed E-state index contributed by atoms with van der Waals surface area (Å²) >= 11 is 0. The van der Waals surface area contributed by atoms with E-state index in [1.165, 1.54) is 7.11 Å². The molecule has 0 saturated carbocycles. The second-order valence-electron chi connectivity index (χ2n) is 4.80. The maximum absolute atomic E-state index is 11.4. The molecule has 0 aromatic rings. The molecule has 0 fully saturated rings. The van der Waals surface area contributed by atoms with Gasteiger partial charge in [-0.3, -0.25) is 4.79 Å². The molecule has 0 bridgehead atoms. The first kappa shape index (κ1) is 14.7. The van der Waals surface area contributed by atoms with Crippen molar-refractivity contribution in [3.8, 4) is 0 Å². The second kappa shape index (κ2) is 6.35. The van der Waals surface area contributed by atoms with E-state index in [-0.39, 0.29) is 18.0 Å². The van der Waals surface area contributed by atoms with Crippen molar-refractivity contribution in [2.75, 3.05) is 13.7 Å². The largest absolute Gasteiger partial charge is 0.508 e. The fourth-order valence-electron chi connectivity index (χ4n) is 0.977. The molecule has 0 aromatic carbocycles. The molecule has 5 nitrogen and oxygen atoms in total. The smallest absolute Gasteiger partial charge is 0.459 e. The Morgan fingerprint density at radius 1 is 1.25 bits per heavy atom. The quantitative estimate of drug-likeness (QED) is 0.695. The van der Waals surface area contributed by atoms with Crippen LogP contribution in [0.25, 0.3) is 0 Å². The summed E-state index contributed by atoms with van der Waals surface area (Å²) in [5.41, 5.74) is -0.111. The van der Waals surface area contributed by atoms with Crippen molar-refractivity contribution in [1.29, 1.82) is 0 Å². The van der Waals surface area contributed by atoms with Crippen LogP contribution in [0.2, 0.25) is 0 Å². The minimum atomic E-state index is -0.779. The minimum Gasteiger partial charge on any atom is -0.459 e. The number of ether oxygens (including phenoxy) is 3. The Morgan fingerprint density at radius 2 is 1.81 bits per heavy atom. The third-order valence-electron chi connectivity index (χ3n) is 1.61. The van der Waals surface area contributed by atoms with E-state index in [2.05, 4.69) is 9.47 Å². The first-order valence-corrected chi connectivity index (χ1v) is 5.15. The van der Waals surface area contributed by atoms with Gasteiger partial charge in [0.2, 0.25) is 0 Å². The lowest BCUT2D eigenvalue weighted by Crippen LogP contribution is -2.24. The highest BCUT2D eigenvalue weighted by Gasteiger charge is 2.19. The van der Waals surface area contributed by atoms with E-state index in [9.17, 15) is 9.59 Å². The molecule has 0 heterocycles. The summed E-state index contributed by atoms with van der Waals surface area (Å²) in [6.45, 7) is 7.50. The number of rotatable bonds is 4. The third kappa shape index (κ3) is 8.08. The molecule has 0 N–H and O–H groups in total. The topological polar surface area (TPSA) is 61.8 Å². The van der Waals surface area contributed by atoms with Crippen LogP contribution in [0, 0.1) is 5.41 Å². The number of carbonyl (C=O) groups excluding carboxylic acids is 2. The zero-order valence-electron chi connectivity index (χ0n) is 10.5. The molecule has 0 aliphatic carbocycles. The number of esters is 1. The van der Waals surface area contributed by atoms with E-state index in [0.717, 1.165) is 0 Å². The van der Waals surface area contributed by atoms with Gasteiger partial charge in [-0.25, -0.2) is 4.79 Å². The molecule has 0 aromatic heterocycles. The molecule has 0 amide bonds. The van der Waals surface area contributed by atoms with Gasteiger partial charge >= 0.3 is 12.1 Å². The van der Waals surface area contributed by atoms with E-state index >= 15 is 0 Å². The van der Waals surface area contributed by atoms with Crippen molar-refractivity contribution in [2.24, 2.45) is 5.41 Å². The van der Waals surface area contributed by atoms with E-state index in [0.29, 0.717) is 6.42 Å². The molecule has 0 radical (unpaired) electrons. The number of methoxy groups -OCH3 is 1. The molecule has 0 saturated heterocycles. The van der Waals surface area contributed by atoms with Gasteiger partial charge in [0.05, 0.1) is 13.5 Å². The minimum absolute atomic E-state index is 0.00254. The Hall–Kier alpha value is -1.26. The highest BCUT2D eigenvalue weighted by Crippen LogP contribution is 2.19. The van der Waals surface area contributed by atoms with Crippen molar-refractivity contribution in [3.05, 3.63) is 0 Å². The molecule has 0 spiro atoms. The van der Waals surface area contributed by atoms with Gasteiger partial charge in [0.1, 0.15) is 12.7 Å². The summed E-state index contributed by atoms with van der Waals surface area (Å²) in [6.07, 6.45) is -0.914. The normalized spacial score (nSPS) is 12.8. The van der Waals surface area contributed by atoms with Crippen LogP contribution >= 0.6 is 0 Å². The Balaban J connectivity index is 3.83. The molecular weight excluding hydrogens is 212 g/mol. The van der Waals surface area contributed by atoms with Crippen molar-refractivity contribution in [1.82, 2.24) is 0 Å². The van der Waals surface area contributed by atoms with Crippen LogP contribution in [0.15, 0.2) is 0 Å². The summed E-state index contributed by atoms with van der Waals surface area (Å²) in [6, 6.07) is 0. The third-order valence-corrected chi connectivity index (χ3v) is 1.61. The van der Waals surface area contributed by atoms with Gasteiger partial charge in [0.25, 0.3) is 0 Å². The summed E-state index contributed by atoms with van der Waals surface area (Å²) in [7, 11) is 1.22. The molecule has 0 aliphatic heterocycles. The van der Waals surface area contributed by atoms with Crippen molar-refractivity contribution >= 4 is 12.1 Å². The van der Waals surface area contributed by atoms with E-state index in [4.69, 9.17) is 4.74 Å². The fraction of sp³-hybridized carbons (Fsp3) is 0.818. The zero-order valence-corrected chi connectivity index (χ0v) is 10.5. The lowest BCUT2D eigenvalue weighted by Gasteiger charge is -2.19. The van der Waals surface area contributed by atoms with Gasteiger partial charge in [-0.15, -0.1) is 0 Å².